The van der Waals surface area contributed by atoms with Gasteiger partial charge in [-0.1, -0.05) is 30.3 Å². The first kappa shape index (κ1) is 23.9. The van der Waals surface area contributed by atoms with E-state index in [2.05, 4.69) is 46.7 Å². The van der Waals surface area contributed by atoms with Gasteiger partial charge in [-0.2, -0.15) is 5.10 Å². The highest BCUT2D eigenvalue weighted by molar-refractivity contribution is 6.00. The van der Waals surface area contributed by atoms with Crippen molar-refractivity contribution in [1.29, 1.82) is 0 Å². The number of hydrogen-bond donors (Lipinski definition) is 2. The monoisotopic (exact) mass is 424 g/mol. The van der Waals surface area contributed by atoms with Gasteiger partial charge >= 0.3 is 0 Å². The molecule has 2 N–H and O–H groups in total. The van der Waals surface area contributed by atoms with Crippen molar-refractivity contribution in [3.63, 3.8) is 0 Å². The molecule has 0 heterocycles. The molecule has 0 bridgehead atoms. The van der Waals surface area contributed by atoms with Crippen molar-refractivity contribution in [1.82, 2.24) is 10.7 Å². The molecule has 0 atom stereocenters. The van der Waals surface area contributed by atoms with Crippen molar-refractivity contribution in [2.75, 3.05) is 24.6 Å². The molecule has 0 spiro atoms. The van der Waals surface area contributed by atoms with Crippen molar-refractivity contribution < 1.29 is 14.3 Å². The van der Waals surface area contributed by atoms with E-state index in [1.807, 2.05) is 37.3 Å². The van der Waals surface area contributed by atoms with Crippen LogP contribution in [0.15, 0.2) is 53.6 Å². The third kappa shape index (κ3) is 8.12. The lowest BCUT2D eigenvalue weighted by atomic mass is 10.2. The van der Waals surface area contributed by atoms with Crippen LogP contribution in [0.4, 0.5) is 5.69 Å². The lowest BCUT2D eigenvalue weighted by Crippen LogP contribution is -2.28. The van der Waals surface area contributed by atoms with Crippen molar-refractivity contribution in [3.8, 4) is 5.75 Å². The molecule has 0 radical (unpaired) electrons. The highest BCUT2D eigenvalue weighted by atomic mass is 16.5. The molecule has 0 saturated heterocycles. The van der Waals surface area contributed by atoms with Crippen molar-refractivity contribution in [2.24, 2.45) is 5.10 Å². The first-order valence-corrected chi connectivity index (χ1v) is 10.5. The third-order valence-electron chi connectivity index (χ3n) is 4.79. The SMILES string of the molecule is CCN(CC)c1ccc(CNC(=O)C/C(C)=N/NC(=O)COc2ccccc2C)cc1. The van der Waals surface area contributed by atoms with E-state index in [1.165, 1.54) is 5.69 Å². The van der Waals surface area contributed by atoms with E-state index in [1.54, 1.807) is 13.0 Å². The Hall–Kier alpha value is -3.35. The van der Waals surface area contributed by atoms with Crippen LogP contribution in [0.25, 0.3) is 0 Å². The van der Waals surface area contributed by atoms with Crippen LogP contribution in [0.3, 0.4) is 0 Å². The molecule has 0 unspecified atom stereocenters. The van der Waals surface area contributed by atoms with E-state index in [9.17, 15) is 9.59 Å². The van der Waals surface area contributed by atoms with Crippen LogP contribution >= 0.6 is 0 Å². The summed E-state index contributed by atoms with van der Waals surface area (Å²) in [4.78, 5) is 26.3. The molecular formula is C24H32N4O3. The lowest BCUT2D eigenvalue weighted by Gasteiger charge is -2.21. The predicted octanol–water partition coefficient (Wildman–Crippen LogP) is 3.42. The molecule has 0 fully saturated rings. The number of anilines is 1. The fraction of sp³-hybridized carbons (Fsp3) is 0.375. The summed E-state index contributed by atoms with van der Waals surface area (Å²) in [6.45, 7) is 10.1. The molecule has 0 aliphatic rings. The predicted molar refractivity (Wildman–Crippen MR) is 124 cm³/mol. The molecule has 31 heavy (non-hydrogen) atoms. The minimum absolute atomic E-state index is 0.108. The van der Waals surface area contributed by atoms with Crippen molar-refractivity contribution in [3.05, 3.63) is 59.7 Å². The fourth-order valence-electron chi connectivity index (χ4n) is 3.00. The zero-order chi connectivity index (χ0) is 22.6. The maximum Gasteiger partial charge on any atom is 0.277 e. The van der Waals surface area contributed by atoms with Gasteiger partial charge < -0.3 is 15.0 Å². The Balaban J connectivity index is 1.73. The number of rotatable bonds is 11. The Bertz CT molecular complexity index is 890. The number of hydrogen-bond acceptors (Lipinski definition) is 5. The number of amides is 2. The smallest absolute Gasteiger partial charge is 0.277 e. The summed E-state index contributed by atoms with van der Waals surface area (Å²) in [5, 5.41) is 6.85. The molecule has 0 aromatic heterocycles. The molecule has 166 valence electrons. The molecule has 0 aliphatic carbocycles. The largest absolute Gasteiger partial charge is 0.483 e. The van der Waals surface area contributed by atoms with Gasteiger partial charge in [0.1, 0.15) is 5.75 Å². The van der Waals surface area contributed by atoms with Gasteiger partial charge in [0.15, 0.2) is 6.61 Å². The molecular weight excluding hydrogens is 392 g/mol. The standard InChI is InChI=1S/C24H32N4O3/c1-5-28(6-2)21-13-11-20(12-14-21)16-25-23(29)15-19(4)26-27-24(30)17-31-22-10-8-7-9-18(22)3/h7-14H,5-6,15-17H2,1-4H3,(H,25,29)(H,27,30)/b26-19+. The summed E-state index contributed by atoms with van der Waals surface area (Å²) in [6, 6.07) is 15.6. The van der Waals surface area contributed by atoms with Crippen molar-refractivity contribution in [2.45, 2.75) is 40.7 Å². The van der Waals surface area contributed by atoms with Gasteiger partial charge in [0.05, 0.1) is 6.42 Å². The van der Waals surface area contributed by atoms with E-state index in [4.69, 9.17) is 4.74 Å². The van der Waals surface area contributed by atoms with Gasteiger partial charge in [0, 0.05) is 31.0 Å². The Labute approximate surface area is 184 Å². The van der Waals surface area contributed by atoms with E-state index >= 15 is 0 Å². The Morgan fingerprint density at radius 3 is 2.32 bits per heavy atom. The number of hydrazone groups is 1. The van der Waals surface area contributed by atoms with Crippen LogP contribution < -0.4 is 20.4 Å². The summed E-state index contributed by atoms with van der Waals surface area (Å²) < 4.78 is 5.47. The number of para-hydroxylation sites is 1. The molecule has 2 amide bonds. The van der Waals surface area contributed by atoms with Crippen LogP contribution in [0, 0.1) is 6.92 Å². The van der Waals surface area contributed by atoms with Crippen LogP contribution in [-0.2, 0) is 16.1 Å². The van der Waals surface area contributed by atoms with E-state index in [-0.39, 0.29) is 24.8 Å². The maximum absolute atomic E-state index is 12.1. The number of nitrogens with one attached hydrogen (secondary N) is 2. The number of nitrogens with zero attached hydrogens (tertiary/aromatic N) is 2. The number of carbonyl (C=O) groups excluding carboxylic acids is 2. The summed E-state index contributed by atoms with van der Waals surface area (Å²) in [6.07, 6.45) is 0.108. The third-order valence-corrected chi connectivity index (χ3v) is 4.79. The minimum Gasteiger partial charge on any atom is -0.483 e. The van der Waals surface area contributed by atoms with E-state index in [0.717, 1.165) is 24.2 Å². The Kier molecular flexibility index (Phi) is 9.55. The van der Waals surface area contributed by atoms with Gasteiger partial charge in [-0.25, -0.2) is 5.43 Å². The van der Waals surface area contributed by atoms with Gasteiger partial charge in [-0.3, -0.25) is 9.59 Å². The molecule has 0 aliphatic heterocycles. The average Bonchev–Trinajstić information content (AvgIpc) is 2.77. The minimum atomic E-state index is -0.378. The lowest BCUT2D eigenvalue weighted by molar-refractivity contribution is -0.123. The summed E-state index contributed by atoms with van der Waals surface area (Å²) in [5.41, 5.74) is 6.08. The second-order valence-corrected chi connectivity index (χ2v) is 7.23. The first-order chi connectivity index (χ1) is 14.9. The van der Waals surface area contributed by atoms with Gasteiger partial charge in [0.25, 0.3) is 5.91 Å². The number of ether oxygens (including phenoxy) is 1. The maximum atomic E-state index is 12.1. The van der Waals surface area contributed by atoms with Gasteiger partial charge in [-0.15, -0.1) is 0 Å². The molecule has 7 nitrogen and oxygen atoms in total. The molecule has 2 rings (SSSR count). The van der Waals surface area contributed by atoms with Crippen molar-refractivity contribution >= 4 is 23.2 Å². The number of carbonyl (C=O) groups is 2. The summed E-state index contributed by atoms with van der Waals surface area (Å²) >= 11 is 0. The highest BCUT2D eigenvalue weighted by Crippen LogP contribution is 2.16. The summed E-state index contributed by atoms with van der Waals surface area (Å²) in [5.74, 6) is 0.124. The normalized spacial score (nSPS) is 11.0. The second kappa shape index (κ2) is 12.4. The number of aryl methyl sites for hydroxylation is 1. The van der Waals surface area contributed by atoms with E-state index in [0.29, 0.717) is 18.0 Å². The van der Waals surface area contributed by atoms with Crippen LogP contribution in [0.1, 0.15) is 38.3 Å². The van der Waals surface area contributed by atoms with Crippen LogP contribution in [0.2, 0.25) is 0 Å². The molecule has 0 saturated carbocycles. The fourth-order valence-corrected chi connectivity index (χ4v) is 3.00. The van der Waals surface area contributed by atoms with E-state index < -0.39 is 0 Å². The zero-order valence-corrected chi connectivity index (χ0v) is 18.8. The Morgan fingerprint density at radius 2 is 1.68 bits per heavy atom. The summed E-state index contributed by atoms with van der Waals surface area (Å²) in [7, 11) is 0. The molecule has 7 heteroatoms. The van der Waals surface area contributed by atoms with Gasteiger partial charge in [0.2, 0.25) is 5.91 Å². The highest BCUT2D eigenvalue weighted by Gasteiger charge is 2.07. The zero-order valence-electron chi connectivity index (χ0n) is 18.8. The molecule has 2 aromatic carbocycles. The average molecular weight is 425 g/mol. The quantitative estimate of drug-likeness (QED) is 0.428. The Morgan fingerprint density at radius 1 is 1.00 bits per heavy atom. The topological polar surface area (TPSA) is 83.0 Å². The van der Waals surface area contributed by atoms with Crippen LogP contribution in [0.5, 0.6) is 5.75 Å². The first-order valence-electron chi connectivity index (χ1n) is 10.5. The van der Waals surface area contributed by atoms with Gasteiger partial charge in [-0.05, 0) is 57.0 Å². The number of benzene rings is 2. The van der Waals surface area contributed by atoms with Crippen LogP contribution in [-0.4, -0.2) is 37.2 Å². The second-order valence-electron chi connectivity index (χ2n) is 7.23. The molecule has 2 aromatic rings.